The molecule has 0 aromatic rings. The first-order valence-corrected chi connectivity index (χ1v) is 3.43. The number of hydrogen-bond donors (Lipinski definition) is 0. The van der Waals surface area contributed by atoms with Gasteiger partial charge in [0.05, 0.1) is 15.7 Å². The van der Waals surface area contributed by atoms with Crippen LogP contribution in [-0.2, 0) is 0 Å². The van der Waals surface area contributed by atoms with Gasteiger partial charge >= 0.3 is 0 Å². The van der Waals surface area contributed by atoms with Crippen LogP contribution in [0.15, 0.2) is 0 Å². The van der Waals surface area contributed by atoms with E-state index in [2.05, 4.69) is 15.9 Å². The molecule has 0 nitrogen and oxygen atoms in total. The van der Waals surface area contributed by atoms with E-state index in [1.165, 1.54) is 0 Å². The molecule has 0 aromatic carbocycles. The molecule has 0 aliphatic heterocycles. The van der Waals surface area contributed by atoms with Gasteiger partial charge in [0.2, 0.25) is 0 Å². The lowest BCUT2D eigenvalue weighted by atomic mass is 9.83. The van der Waals surface area contributed by atoms with Crippen molar-refractivity contribution in [2.24, 2.45) is 5.92 Å². The summed E-state index contributed by atoms with van der Waals surface area (Å²) < 4.78 is 0. The van der Waals surface area contributed by atoms with E-state index in [1.807, 2.05) is 0 Å². The zero-order valence-electron chi connectivity index (χ0n) is 4.23. The van der Waals surface area contributed by atoms with Crippen molar-refractivity contribution < 1.29 is 0 Å². The molecule has 0 aliphatic rings. The third-order valence-electron chi connectivity index (χ3n) is 0.885. The molecule has 3 heteroatoms. The molecular weight excluding hydrogens is 150 g/mol. The van der Waals surface area contributed by atoms with Gasteiger partial charge in [-0.3, -0.25) is 0 Å². The number of alkyl halides is 1. The van der Waals surface area contributed by atoms with Crippen molar-refractivity contribution in [3.63, 3.8) is 0 Å². The van der Waals surface area contributed by atoms with E-state index in [9.17, 15) is 0 Å². The van der Waals surface area contributed by atoms with Crippen molar-refractivity contribution in [1.29, 1.82) is 0 Å². The third-order valence-corrected chi connectivity index (χ3v) is 1.80. The average Bonchev–Trinajstić information content (AvgIpc) is 1.72. The van der Waals surface area contributed by atoms with Crippen molar-refractivity contribution >= 4 is 31.6 Å². The maximum absolute atomic E-state index is 5.28. The predicted octanol–water partition coefficient (Wildman–Crippen LogP) is 1.17. The van der Waals surface area contributed by atoms with Gasteiger partial charge in [-0.15, -0.1) is 0 Å². The third kappa shape index (κ3) is 3.22. The Morgan fingerprint density at radius 1 is 1.29 bits per heavy atom. The molecular formula is C4H7B2Br. The second-order valence-electron chi connectivity index (χ2n) is 1.49. The summed E-state index contributed by atoms with van der Waals surface area (Å²) in [6.07, 6.45) is 1.36. The fourth-order valence-corrected chi connectivity index (χ4v) is 0.751. The molecule has 7 heavy (non-hydrogen) atoms. The highest BCUT2D eigenvalue weighted by Gasteiger charge is 1.96. The van der Waals surface area contributed by atoms with Crippen LogP contribution in [0.4, 0.5) is 0 Å². The Balaban J connectivity index is 2.99. The molecule has 0 heterocycles. The molecule has 0 aromatic heterocycles. The summed E-state index contributed by atoms with van der Waals surface area (Å²) in [4.78, 5) is 0. The molecule has 0 atom stereocenters. The van der Waals surface area contributed by atoms with Crippen molar-refractivity contribution in [3.05, 3.63) is 0 Å². The summed E-state index contributed by atoms with van der Waals surface area (Å²) >= 11 is 3.28. The molecule has 0 unspecified atom stereocenters. The molecule has 36 valence electrons. The van der Waals surface area contributed by atoms with Gasteiger partial charge in [-0.1, -0.05) is 28.6 Å². The summed E-state index contributed by atoms with van der Waals surface area (Å²) in [5.41, 5.74) is 0. The summed E-state index contributed by atoms with van der Waals surface area (Å²) in [5, 5.41) is 0.917. The SMILES string of the molecule is [B]CC(C[B])CBr. The maximum Gasteiger partial charge on any atom is 0.0656 e. The van der Waals surface area contributed by atoms with Gasteiger partial charge in [-0.05, 0) is 5.92 Å². The van der Waals surface area contributed by atoms with Gasteiger partial charge in [0.1, 0.15) is 0 Å². The number of hydrogen-bond acceptors (Lipinski definition) is 0. The highest BCUT2D eigenvalue weighted by atomic mass is 79.9. The Hall–Kier alpha value is 0.610. The smallest absolute Gasteiger partial charge is 0.0656 e. The Bertz CT molecular complexity index is 31.2. The summed E-state index contributed by atoms with van der Waals surface area (Å²) in [6.45, 7) is 0. The lowest BCUT2D eigenvalue weighted by Crippen LogP contribution is -1.98. The van der Waals surface area contributed by atoms with E-state index in [4.69, 9.17) is 15.7 Å². The van der Waals surface area contributed by atoms with Crippen LogP contribution in [0, 0.1) is 5.92 Å². The number of halogens is 1. The Morgan fingerprint density at radius 3 is 1.71 bits per heavy atom. The van der Waals surface area contributed by atoms with Crippen LogP contribution in [0.25, 0.3) is 0 Å². The van der Waals surface area contributed by atoms with Gasteiger partial charge < -0.3 is 0 Å². The largest absolute Gasteiger partial charge is 0.0926 e. The minimum atomic E-state index is 0.458. The van der Waals surface area contributed by atoms with Crippen LogP contribution in [0.1, 0.15) is 0 Å². The number of rotatable bonds is 3. The molecule has 4 radical (unpaired) electrons. The fourth-order valence-electron chi connectivity index (χ4n) is 0.222. The molecule has 0 amide bonds. The monoisotopic (exact) mass is 156 g/mol. The average molecular weight is 157 g/mol. The molecule has 0 saturated carbocycles. The zero-order valence-corrected chi connectivity index (χ0v) is 5.82. The van der Waals surface area contributed by atoms with Crippen molar-refractivity contribution in [2.75, 3.05) is 5.33 Å². The van der Waals surface area contributed by atoms with Gasteiger partial charge in [-0.25, -0.2) is 0 Å². The van der Waals surface area contributed by atoms with Crippen LogP contribution < -0.4 is 0 Å². The van der Waals surface area contributed by atoms with Gasteiger partial charge in [-0.2, -0.15) is 0 Å². The highest BCUT2D eigenvalue weighted by molar-refractivity contribution is 9.09. The quantitative estimate of drug-likeness (QED) is 0.425. The fraction of sp³-hybridized carbons (Fsp3) is 1.00. The second-order valence-corrected chi connectivity index (χ2v) is 2.14. The van der Waals surface area contributed by atoms with Crippen LogP contribution >= 0.6 is 15.9 Å². The minimum absolute atomic E-state index is 0.458. The van der Waals surface area contributed by atoms with Crippen LogP contribution in [-0.4, -0.2) is 21.0 Å². The van der Waals surface area contributed by atoms with Gasteiger partial charge in [0.25, 0.3) is 0 Å². The van der Waals surface area contributed by atoms with Gasteiger partial charge in [0, 0.05) is 5.33 Å². The van der Waals surface area contributed by atoms with Gasteiger partial charge in [0.15, 0.2) is 0 Å². The molecule has 0 saturated heterocycles. The van der Waals surface area contributed by atoms with Crippen molar-refractivity contribution in [3.8, 4) is 0 Å². The van der Waals surface area contributed by atoms with Crippen molar-refractivity contribution in [1.82, 2.24) is 0 Å². The van der Waals surface area contributed by atoms with E-state index < -0.39 is 0 Å². The first-order valence-electron chi connectivity index (χ1n) is 2.31. The standard InChI is InChI=1S/C4H7B2Br/c5-1-4(2-6)3-7/h4H,1-3H2. The molecule has 0 rings (SSSR count). The first kappa shape index (κ1) is 7.61. The lowest BCUT2D eigenvalue weighted by Gasteiger charge is -2.04. The minimum Gasteiger partial charge on any atom is -0.0926 e. The van der Waals surface area contributed by atoms with Crippen LogP contribution in [0.5, 0.6) is 0 Å². The lowest BCUT2D eigenvalue weighted by molar-refractivity contribution is 0.753. The zero-order chi connectivity index (χ0) is 5.70. The maximum atomic E-state index is 5.28. The Kier molecular flexibility index (Phi) is 5.18. The Morgan fingerprint density at radius 2 is 1.71 bits per heavy atom. The van der Waals surface area contributed by atoms with E-state index in [0.717, 1.165) is 5.33 Å². The van der Waals surface area contributed by atoms with E-state index in [1.54, 1.807) is 0 Å². The second kappa shape index (κ2) is 4.76. The first-order chi connectivity index (χ1) is 3.35. The van der Waals surface area contributed by atoms with Crippen LogP contribution in [0.3, 0.4) is 0 Å². The van der Waals surface area contributed by atoms with E-state index in [-0.39, 0.29) is 0 Å². The normalized spacial score (nSPS) is 10.0. The van der Waals surface area contributed by atoms with E-state index in [0.29, 0.717) is 18.6 Å². The summed E-state index contributed by atoms with van der Waals surface area (Å²) in [7, 11) is 10.6. The molecule has 0 bridgehead atoms. The van der Waals surface area contributed by atoms with Crippen molar-refractivity contribution in [2.45, 2.75) is 12.6 Å². The summed E-state index contributed by atoms with van der Waals surface area (Å²) in [6, 6.07) is 0. The molecule has 0 aliphatic carbocycles. The van der Waals surface area contributed by atoms with Crippen LogP contribution in [0.2, 0.25) is 12.6 Å². The summed E-state index contributed by atoms with van der Waals surface area (Å²) in [5.74, 6) is 0.458. The highest BCUT2D eigenvalue weighted by Crippen LogP contribution is 2.07. The molecule has 0 spiro atoms. The van der Waals surface area contributed by atoms with E-state index >= 15 is 0 Å². The predicted molar refractivity (Wildman–Crippen MR) is 38.4 cm³/mol. The Labute approximate surface area is 56.0 Å². The molecule has 0 fully saturated rings. The topological polar surface area (TPSA) is 0 Å². The molecule has 0 N–H and O–H groups in total.